The van der Waals surface area contributed by atoms with Crippen molar-refractivity contribution in [2.75, 3.05) is 6.54 Å². The first-order chi connectivity index (χ1) is 12.1. The van der Waals surface area contributed by atoms with Crippen LogP contribution in [0.3, 0.4) is 0 Å². The monoisotopic (exact) mass is 353 g/mol. The lowest BCUT2D eigenvalue weighted by molar-refractivity contribution is 0.0997. The van der Waals surface area contributed by atoms with Gasteiger partial charge in [-0.1, -0.05) is 36.4 Å². The average molecular weight is 353 g/mol. The topological polar surface area (TPSA) is 89.0 Å². The van der Waals surface area contributed by atoms with Crippen molar-refractivity contribution >= 4 is 15.8 Å². The summed E-state index contributed by atoms with van der Waals surface area (Å²) in [4.78, 5) is 20.4. The van der Waals surface area contributed by atoms with Crippen LogP contribution < -0.4 is 4.72 Å². The zero-order valence-corrected chi connectivity index (χ0v) is 14.0. The molecule has 0 aliphatic heterocycles. The molecule has 0 bridgehead atoms. The number of hydrogen-bond acceptors (Lipinski definition) is 5. The molecule has 0 amide bonds. The number of aromatic nitrogens is 2. The Kier molecular flexibility index (Phi) is 4.97. The van der Waals surface area contributed by atoms with Crippen molar-refractivity contribution in [3.8, 4) is 11.1 Å². The number of Topliss-reactive ketones (excluding diaryl/α,β-unsaturated/α-hetero) is 1. The predicted molar refractivity (Wildman–Crippen MR) is 93.4 cm³/mol. The van der Waals surface area contributed by atoms with Crippen LogP contribution in [0.1, 0.15) is 10.4 Å². The molecule has 6 nitrogen and oxygen atoms in total. The summed E-state index contributed by atoms with van der Waals surface area (Å²) < 4.78 is 26.7. The third-order valence-electron chi connectivity index (χ3n) is 3.55. The van der Waals surface area contributed by atoms with Crippen molar-refractivity contribution in [3.05, 3.63) is 78.9 Å². The lowest BCUT2D eigenvalue weighted by atomic mass is 10.0. The maximum atomic E-state index is 12.3. The van der Waals surface area contributed by atoms with Crippen molar-refractivity contribution in [1.29, 1.82) is 0 Å². The number of carbonyl (C=O) groups is 1. The number of rotatable bonds is 6. The van der Waals surface area contributed by atoms with Crippen molar-refractivity contribution < 1.29 is 13.2 Å². The van der Waals surface area contributed by atoms with Crippen molar-refractivity contribution in [2.24, 2.45) is 0 Å². The smallest absolute Gasteiger partial charge is 0.240 e. The zero-order valence-electron chi connectivity index (χ0n) is 13.2. The quantitative estimate of drug-likeness (QED) is 0.687. The van der Waals surface area contributed by atoms with Gasteiger partial charge in [0.15, 0.2) is 5.78 Å². The first-order valence-electron chi connectivity index (χ1n) is 7.50. The summed E-state index contributed by atoms with van der Waals surface area (Å²) >= 11 is 0. The van der Waals surface area contributed by atoms with Gasteiger partial charge in [0.25, 0.3) is 0 Å². The highest BCUT2D eigenvalue weighted by Gasteiger charge is 2.16. The highest BCUT2D eigenvalue weighted by Crippen LogP contribution is 2.18. The molecule has 7 heteroatoms. The van der Waals surface area contributed by atoms with Gasteiger partial charge in [-0.05, 0) is 23.8 Å². The van der Waals surface area contributed by atoms with E-state index >= 15 is 0 Å². The second-order valence-electron chi connectivity index (χ2n) is 5.27. The number of hydrogen-bond donors (Lipinski definition) is 1. The summed E-state index contributed by atoms with van der Waals surface area (Å²) in [7, 11) is -3.72. The van der Waals surface area contributed by atoms with Crippen LogP contribution in [-0.2, 0) is 10.0 Å². The van der Waals surface area contributed by atoms with E-state index in [1.165, 1.54) is 18.5 Å². The van der Waals surface area contributed by atoms with Crippen LogP contribution in [-0.4, -0.2) is 30.7 Å². The predicted octanol–water partition coefficient (Wildman–Crippen LogP) is 2.30. The molecular formula is C18H15N3O3S. The van der Waals surface area contributed by atoms with Crippen LogP contribution >= 0.6 is 0 Å². The first-order valence-corrected chi connectivity index (χ1v) is 8.98. The third-order valence-corrected chi connectivity index (χ3v) is 4.97. The van der Waals surface area contributed by atoms with Gasteiger partial charge in [0.1, 0.15) is 6.33 Å². The molecule has 0 saturated carbocycles. The molecule has 1 N–H and O–H groups in total. The molecule has 0 unspecified atom stereocenters. The molecule has 3 rings (SSSR count). The molecule has 0 saturated heterocycles. The molecule has 0 spiro atoms. The number of benzene rings is 2. The molecule has 3 aromatic rings. The Bertz CT molecular complexity index is 975. The van der Waals surface area contributed by atoms with E-state index in [9.17, 15) is 13.2 Å². The Balaban J connectivity index is 1.74. The van der Waals surface area contributed by atoms with Gasteiger partial charge in [0.05, 0.1) is 11.4 Å². The van der Waals surface area contributed by atoms with Crippen molar-refractivity contribution in [3.63, 3.8) is 0 Å². The average Bonchev–Trinajstić information content (AvgIpc) is 2.68. The Morgan fingerprint density at radius 1 is 0.920 bits per heavy atom. The largest absolute Gasteiger partial charge is 0.293 e. The van der Waals surface area contributed by atoms with E-state index in [2.05, 4.69) is 14.7 Å². The molecule has 0 atom stereocenters. The normalized spacial score (nSPS) is 11.2. The summed E-state index contributed by atoms with van der Waals surface area (Å²) in [5.74, 6) is -0.321. The highest BCUT2D eigenvalue weighted by molar-refractivity contribution is 7.89. The molecule has 0 aliphatic carbocycles. The Morgan fingerprint density at radius 3 is 2.36 bits per heavy atom. The van der Waals surface area contributed by atoms with Crippen LogP contribution in [0.15, 0.2) is 78.2 Å². The first kappa shape index (κ1) is 16.9. The fourth-order valence-electron chi connectivity index (χ4n) is 2.27. The van der Waals surface area contributed by atoms with Gasteiger partial charge in [0.2, 0.25) is 10.0 Å². The fraction of sp³-hybridized carbons (Fsp3) is 0.0556. The summed E-state index contributed by atoms with van der Waals surface area (Å²) in [6.45, 7) is -0.314. The number of ketones is 1. The molecule has 126 valence electrons. The van der Waals surface area contributed by atoms with E-state index in [0.717, 1.165) is 11.1 Å². The lowest BCUT2D eigenvalue weighted by Crippen LogP contribution is -2.29. The van der Waals surface area contributed by atoms with E-state index in [0.29, 0.717) is 5.56 Å². The third kappa shape index (κ3) is 4.14. The molecule has 0 aliphatic rings. The number of nitrogens with one attached hydrogen (secondary N) is 1. The zero-order chi connectivity index (χ0) is 17.7. The van der Waals surface area contributed by atoms with Crippen molar-refractivity contribution in [1.82, 2.24) is 14.7 Å². The van der Waals surface area contributed by atoms with E-state index in [1.807, 2.05) is 6.07 Å². The molecule has 0 radical (unpaired) electrons. The fourth-order valence-corrected chi connectivity index (χ4v) is 3.27. The van der Waals surface area contributed by atoms with Crippen molar-refractivity contribution in [2.45, 2.75) is 4.90 Å². The summed E-state index contributed by atoms with van der Waals surface area (Å²) in [5.41, 5.74) is 1.98. The number of carbonyl (C=O) groups excluding carboxylic acids is 1. The van der Waals surface area contributed by atoms with Crippen LogP contribution in [0.2, 0.25) is 0 Å². The van der Waals surface area contributed by atoms with Crippen LogP contribution in [0.4, 0.5) is 0 Å². The molecule has 1 heterocycles. The van der Waals surface area contributed by atoms with Crippen LogP contribution in [0.5, 0.6) is 0 Å². The van der Waals surface area contributed by atoms with Gasteiger partial charge in [-0.3, -0.25) is 4.79 Å². The van der Waals surface area contributed by atoms with E-state index in [-0.39, 0.29) is 17.2 Å². The van der Waals surface area contributed by atoms with Gasteiger partial charge in [-0.15, -0.1) is 0 Å². The second kappa shape index (κ2) is 7.33. The van der Waals surface area contributed by atoms with E-state index in [1.54, 1.807) is 48.8 Å². The summed E-state index contributed by atoms with van der Waals surface area (Å²) in [6.07, 6.45) is 4.72. The lowest BCUT2D eigenvalue weighted by Gasteiger charge is -2.07. The van der Waals surface area contributed by atoms with Gasteiger partial charge in [0, 0.05) is 23.5 Å². The van der Waals surface area contributed by atoms with Gasteiger partial charge in [-0.2, -0.15) is 0 Å². The number of sulfonamides is 1. The van der Waals surface area contributed by atoms with Gasteiger partial charge >= 0.3 is 0 Å². The Hall–Kier alpha value is -2.90. The molecule has 1 aromatic heterocycles. The SMILES string of the molecule is O=C(CNS(=O)(=O)c1ccccc1)c1cccc(-c2cncnc2)c1. The minimum atomic E-state index is -3.72. The maximum Gasteiger partial charge on any atom is 0.240 e. The Morgan fingerprint density at radius 2 is 1.64 bits per heavy atom. The summed E-state index contributed by atoms with van der Waals surface area (Å²) in [6, 6.07) is 14.8. The van der Waals surface area contributed by atoms with Crippen LogP contribution in [0, 0.1) is 0 Å². The van der Waals surface area contributed by atoms with E-state index < -0.39 is 10.0 Å². The summed E-state index contributed by atoms with van der Waals surface area (Å²) in [5, 5.41) is 0. The minimum Gasteiger partial charge on any atom is -0.293 e. The van der Waals surface area contributed by atoms with Gasteiger partial charge in [-0.25, -0.2) is 23.1 Å². The van der Waals surface area contributed by atoms with E-state index in [4.69, 9.17) is 0 Å². The number of nitrogens with zero attached hydrogens (tertiary/aromatic N) is 2. The van der Waals surface area contributed by atoms with Crippen LogP contribution in [0.25, 0.3) is 11.1 Å². The minimum absolute atomic E-state index is 0.123. The molecule has 0 fully saturated rings. The maximum absolute atomic E-state index is 12.3. The standard InChI is InChI=1S/C18H15N3O3S/c22-18(12-21-25(23,24)17-7-2-1-3-8-17)15-6-4-5-14(9-15)16-10-19-13-20-11-16/h1-11,13,21H,12H2. The molecule has 2 aromatic carbocycles. The molecule has 25 heavy (non-hydrogen) atoms. The van der Waals surface area contributed by atoms with Gasteiger partial charge < -0.3 is 0 Å². The Labute approximate surface area is 145 Å². The second-order valence-corrected chi connectivity index (χ2v) is 7.04. The highest BCUT2D eigenvalue weighted by atomic mass is 32.2. The molecular weight excluding hydrogens is 338 g/mol.